The number of halogens is 3. The Morgan fingerprint density at radius 3 is 2.53 bits per heavy atom. The molecule has 2 aromatic carbocycles. The molecule has 2 atom stereocenters. The molecular formula is C23H22ClF2N5O. The minimum absolute atomic E-state index is 0.172. The number of rotatable bonds is 6. The Kier molecular flexibility index (Phi) is 5.81. The highest BCUT2D eigenvalue weighted by Crippen LogP contribution is 2.44. The summed E-state index contributed by atoms with van der Waals surface area (Å²) in [4.78, 5) is 21.8. The normalized spacial score (nSPS) is 14.6. The first-order chi connectivity index (χ1) is 15.2. The number of benzene rings is 2. The van der Waals surface area contributed by atoms with Gasteiger partial charge in [0, 0.05) is 22.5 Å². The summed E-state index contributed by atoms with van der Waals surface area (Å²) in [6, 6.07) is 7.86. The van der Waals surface area contributed by atoms with Gasteiger partial charge in [0.2, 0.25) is 0 Å². The summed E-state index contributed by atoms with van der Waals surface area (Å²) in [5, 5.41) is 5.09. The first-order valence-corrected chi connectivity index (χ1v) is 10.6. The second kappa shape index (κ2) is 8.43. The SMILES string of the molecule is CC(C)C(Cn1cncn1)(c1ccc(F)cc1F)C(C)n1cnc2cc(Cl)ccc2c1=O. The van der Waals surface area contributed by atoms with Gasteiger partial charge in [0.1, 0.15) is 24.3 Å². The molecule has 4 rings (SSSR count). The average molecular weight is 458 g/mol. The molecule has 166 valence electrons. The Labute approximate surface area is 188 Å². The molecule has 0 bridgehead atoms. The van der Waals surface area contributed by atoms with Gasteiger partial charge in [0.15, 0.2) is 0 Å². The second-order valence-corrected chi connectivity index (χ2v) is 8.64. The maximum Gasteiger partial charge on any atom is 0.261 e. The average Bonchev–Trinajstić information content (AvgIpc) is 3.25. The lowest BCUT2D eigenvalue weighted by Crippen LogP contribution is -2.47. The minimum atomic E-state index is -0.975. The Morgan fingerprint density at radius 2 is 1.88 bits per heavy atom. The zero-order valence-corrected chi connectivity index (χ0v) is 18.6. The molecule has 4 aromatic rings. The van der Waals surface area contributed by atoms with Crippen LogP contribution in [0, 0.1) is 17.6 Å². The standard InChI is InChI=1S/C23H22ClF2N5O/c1-14(2)23(10-30-12-27-11-29-30,19-7-5-17(25)9-20(19)26)15(3)31-13-28-21-8-16(24)4-6-18(21)22(31)32/h4-9,11-15H,10H2,1-3H3. The quantitative estimate of drug-likeness (QED) is 0.418. The van der Waals surface area contributed by atoms with E-state index in [9.17, 15) is 9.18 Å². The van der Waals surface area contributed by atoms with Gasteiger partial charge in [0.25, 0.3) is 5.56 Å². The van der Waals surface area contributed by atoms with E-state index in [0.29, 0.717) is 21.5 Å². The van der Waals surface area contributed by atoms with E-state index in [1.165, 1.54) is 35.7 Å². The minimum Gasteiger partial charge on any atom is -0.295 e. The van der Waals surface area contributed by atoms with Gasteiger partial charge in [0.05, 0.1) is 23.8 Å². The summed E-state index contributed by atoms with van der Waals surface area (Å²) in [5.74, 6) is -1.52. The lowest BCUT2D eigenvalue weighted by atomic mass is 9.66. The van der Waals surface area contributed by atoms with Crippen LogP contribution in [0.15, 0.2) is 60.2 Å². The third-order valence-electron chi connectivity index (χ3n) is 6.26. The van der Waals surface area contributed by atoms with Crippen LogP contribution in [0.2, 0.25) is 5.02 Å². The van der Waals surface area contributed by atoms with Gasteiger partial charge in [-0.25, -0.2) is 18.7 Å². The second-order valence-electron chi connectivity index (χ2n) is 8.21. The number of hydrogen-bond acceptors (Lipinski definition) is 4. The highest BCUT2D eigenvalue weighted by atomic mass is 35.5. The van der Waals surface area contributed by atoms with Crippen molar-refractivity contribution in [2.45, 2.75) is 38.8 Å². The third-order valence-corrected chi connectivity index (χ3v) is 6.50. The molecule has 0 spiro atoms. The van der Waals surface area contributed by atoms with E-state index in [4.69, 9.17) is 11.6 Å². The van der Waals surface area contributed by atoms with Gasteiger partial charge in [-0.1, -0.05) is 31.5 Å². The predicted octanol–water partition coefficient (Wildman–Crippen LogP) is 4.77. The summed E-state index contributed by atoms with van der Waals surface area (Å²) in [6.07, 6.45) is 4.38. The first kappa shape index (κ1) is 22.1. The van der Waals surface area contributed by atoms with E-state index in [-0.39, 0.29) is 18.0 Å². The van der Waals surface area contributed by atoms with E-state index >= 15 is 4.39 Å². The van der Waals surface area contributed by atoms with Gasteiger partial charge in [-0.2, -0.15) is 5.10 Å². The summed E-state index contributed by atoms with van der Waals surface area (Å²) in [7, 11) is 0. The van der Waals surface area contributed by atoms with E-state index in [1.54, 1.807) is 22.9 Å². The molecule has 2 aromatic heterocycles. The molecule has 0 N–H and O–H groups in total. The van der Waals surface area contributed by atoms with Crippen LogP contribution in [0.4, 0.5) is 8.78 Å². The topological polar surface area (TPSA) is 65.6 Å². The van der Waals surface area contributed by atoms with Gasteiger partial charge >= 0.3 is 0 Å². The molecule has 0 fully saturated rings. The van der Waals surface area contributed by atoms with E-state index in [0.717, 1.165) is 6.07 Å². The zero-order chi connectivity index (χ0) is 23.0. The number of hydrogen-bond donors (Lipinski definition) is 0. The summed E-state index contributed by atoms with van der Waals surface area (Å²) >= 11 is 6.04. The molecule has 2 heterocycles. The van der Waals surface area contributed by atoms with E-state index in [1.807, 2.05) is 20.8 Å². The maximum atomic E-state index is 15.2. The Hall–Kier alpha value is -3.13. The molecule has 0 saturated carbocycles. The molecule has 0 radical (unpaired) electrons. The molecule has 6 nitrogen and oxygen atoms in total. The lowest BCUT2D eigenvalue weighted by Gasteiger charge is -2.43. The summed E-state index contributed by atoms with van der Waals surface area (Å²) in [6.45, 7) is 5.94. The van der Waals surface area contributed by atoms with Crippen LogP contribution in [-0.4, -0.2) is 24.3 Å². The summed E-state index contributed by atoms with van der Waals surface area (Å²) in [5.41, 5.74) is -0.479. The molecule has 0 aliphatic heterocycles. The van der Waals surface area contributed by atoms with Crippen LogP contribution >= 0.6 is 11.6 Å². The Morgan fingerprint density at radius 1 is 1.09 bits per heavy atom. The fourth-order valence-electron chi connectivity index (χ4n) is 4.50. The van der Waals surface area contributed by atoms with Crippen molar-refractivity contribution in [2.24, 2.45) is 5.92 Å². The predicted molar refractivity (Wildman–Crippen MR) is 119 cm³/mol. The van der Waals surface area contributed by atoms with Crippen molar-refractivity contribution in [3.8, 4) is 0 Å². The van der Waals surface area contributed by atoms with Gasteiger partial charge in [-0.3, -0.25) is 14.0 Å². The molecule has 0 aliphatic rings. The van der Waals surface area contributed by atoms with Crippen molar-refractivity contribution < 1.29 is 8.78 Å². The molecule has 0 saturated heterocycles. The van der Waals surface area contributed by atoms with Gasteiger partial charge < -0.3 is 0 Å². The zero-order valence-electron chi connectivity index (χ0n) is 17.8. The fourth-order valence-corrected chi connectivity index (χ4v) is 4.67. The number of aromatic nitrogens is 5. The number of fused-ring (bicyclic) bond motifs is 1. The number of nitrogens with zero attached hydrogens (tertiary/aromatic N) is 5. The molecule has 9 heteroatoms. The van der Waals surface area contributed by atoms with E-state index < -0.39 is 23.1 Å². The molecule has 0 amide bonds. The smallest absolute Gasteiger partial charge is 0.261 e. The third kappa shape index (κ3) is 3.68. The van der Waals surface area contributed by atoms with Gasteiger partial charge in [-0.15, -0.1) is 0 Å². The van der Waals surface area contributed by atoms with Crippen LogP contribution < -0.4 is 5.56 Å². The highest BCUT2D eigenvalue weighted by molar-refractivity contribution is 6.31. The van der Waals surface area contributed by atoms with Crippen molar-refractivity contribution in [3.63, 3.8) is 0 Å². The monoisotopic (exact) mass is 457 g/mol. The maximum absolute atomic E-state index is 15.2. The van der Waals surface area contributed by atoms with Crippen LogP contribution in [-0.2, 0) is 12.0 Å². The largest absolute Gasteiger partial charge is 0.295 e. The van der Waals surface area contributed by atoms with Crippen molar-refractivity contribution in [3.05, 3.63) is 88.0 Å². The Bertz CT molecular complexity index is 1320. The van der Waals surface area contributed by atoms with Crippen molar-refractivity contribution >= 4 is 22.5 Å². The Balaban J connectivity index is 1.97. The van der Waals surface area contributed by atoms with Gasteiger partial charge in [-0.05, 0) is 42.7 Å². The van der Waals surface area contributed by atoms with Crippen LogP contribution in [0.3, 0.4) is 0 Å². The molecule has 0 aliphatic carbocycles. The van der Waals surface area contributed by atoms with Crippen LogP contribution in [0.25, 0.3) is 10.9 Å². The van der Waals surface area contributed by atoms with E-state index in [2.05, 4.69) is 15.1 Å². The first-order valence-electron chi connectivity index (χ1n) is 10.2. The van der Waals surface area contributed by atoms with Crippen LogP contribution in [0.1, 0.15) is 32.4 Å². The van der Waals surface area contributed by atoms with Crippen LogP contribution in [0.5, 0.6) is 0 Å². The molecule has 2 unspecified atom stereocenters. The lowest BCUT2D eigenvalue weighted by molar-refractivity contribution is 0.161. The van der Waals surface area contributed by atoms with Crippen molar-refractivity contribution in [2.75, 3.05) is 0 Å². The molecular weight excluding hydrogens is 436 g/mol. The van der Waals surface area contributed by atoms with Crippen molar-refractivity contribution in [1.29, 1.82) is 0 Å². The molecule has 32 heavy (non-hydrogen) atoms. The van der Waals surface area contributed by atoms with Crippen molar-refractivity contribution in [1.82, 2.24) is 24.3 Å². The highest BCUT2D eigenvalue weighted by Gasteiger charge is 2.45. The fraction of sp³-hybridized carbons (Fsp3) is 0.304. The summed E-state index contributed by atoms with van der Waals surface area (Å²) < 4.78 is 32.1.